The first-order valence-corrected chi connectivity index (χ1v) is 6.29. The number of aromatic nitrogens is 3. The molecule has 0 aliphatic heterocycles. The van der Waals surface area contributed by atoms with Crippen molar-refractivity contribution in [3.8, 4) is 11.5 Å². The van der Waals surface area contributed by atoms with Gasteiger partial charge in [0.15, 0.2) is 5.82 Å². The van der Waals surface area contributed by atoms with Crippen LogP contribution < -0.4 is 0 Å². The van der Waals surface area contributed by atoms with Crippen molar-refractivity contribution < 1.29 is 0 Å². The molecule has 0 amide bonds. The van der Waals surface area contributed by atoms with Crippen LogP contribution in [0.2, 0.25) is 5.15 Å². The van der Waals surface area contributed by atoms with E-state index in [2.05, 4.69) is 28.8 Å². The van der Waals surface area contributed by atoms with Gasteiger partial charge in [-0.1, -0.05) is 25.4 Å². The zero-order chi connectivity index (χ0) is 11.7. The van der Waals surface area contributed by atoms with Crippen molar-refractivity contribution in [3.63, 3.8) is 0 Å². The molecule has 2 aromatic heterocycles. The molecule has 84 valence electrons. The second kappa shape index (κ2) is 4.47. The average Bonchev–Trinajstić information content (AvgIpc) is 2.64. The monoisotopic (exact) mass is 253 g/mol. The van der Waals surface area contributed by atoms with Crippen LogP contribution in [0.1, 0.15) is 30.5 Å². The summed E-state index contributed by atoms with van der Waals surface area (Å²) in [4.78, 5) is 13.0. The van der Waals surface area contributed by atoms with Gasteiger partial charge in [0.2, 0.25) is 0 Å². The lowest BCUT2D eigenvalue weighted by Gasteiger charge is -2.05. The summed E-state index contributed by atoms with van der Waals surface area (Å²) >= 11 is 7.56. The molecule has 0 saturated heterocycles. The van der Waals surface area contributed by atoms with E-state index >= 15 is 0 Å². The van der Waals surface area contributed by atoms with Crippen LogP contribution in [0.15, 0.2) is 11.4 Å². The molecule has 2 rings (SSSR count). The molecular formula is C11H12ClN3S. The highest BCUT2D eigenvalue weighted by Gasteiger charge is 2.10. The summed E-state index contributed by atoms with van der Waals surface area (Å²) in [6.45, 7) is 6.12. The van der Waals surface area contributed by atoms with Gasteiger partial charge in [0.05, 0.1) is 5.01 Å². The average molecular weight is 254 g/mol. The molecule has 2 heterocycles. The van der Waals surface area contributed by atoms with E-state index in [9.17, 15) is 0 Å². The normalized spacial score (nSPS) is 11.1. The van der Waals surface area contributed by atoms with Gasteiger partial charge in [-0.3, -0.25) is 0 Å². The molecule has 0 atom stereocenters. The Kier molecular flexibility index (Phi) is 3.21. The van der Waals surface area contributed by atoms with E-state index in [1.807, 2.05) is 12.3 Å². The lowest BCUT2D eigenvalue weighted by molar-refractivity contribution is 0.816. The van der Waals surface area contributed by atoms with E-state index in [4.69, 9.17) is 11.6 Å². The molecule has 0 aliphatic carbocycles. The number of hydrogen-bond donors (Lipinski definition) is 0. The Morgan fingerprint density at radius 1 is 1.25 bits per heavy atom. The molecule has 0 bridgehead atoms. The smallest absolute Gasteiger partial charge is 0.180 e. The molecule has 5 heteroatoms. The summed E-state index contributed by atoms with van der Waals surface area (Å²) in [6, 6.07) is 1.80. The van der Waals surface area contributed by atoms with Gasteiger partial charge in [0, 0.05) is 11.1 Å². The molecule has 0 saturated carbocycles. The lowest BCUT2D eigenvalue weighted by atomic mass is 10.1. The minimum absolute atomic E-state index is 0.332. The third-order valence-electron chi connectivity index (χ3n) is 2.15. The molecule has 0 unspecified atom stereocenters. The number of nitrogens with zero attached hydrogens (tertiary/aromatic N) is 3. The molecule has 16 heavy (non-hydrogen) atoms. The van der Waals surface area contributed by atoms with Crippen LogP contribution in [0, 0.1) is 6.92 Å². The van der Waals surface area contributed by atoms with Crippen LogP contribution in [0.4, 0.5) is 0 Å². The quantitative estimate of drug-likeness (QED) is 0.767. The van der Waals surface area contributed by atoms with Crippen LogP contribution in [0.5, 0.6) is 0 Å². The molecule has 3 nitrogen and oxygen atoms in total. The third-order valence-corrected chi connectivity index (χ3v) is 3.12. The van der Waals surface area contributed by atoms with E-state index in [-0.39, 0.29) is 0 Å². The van der Waals surface area contributed by atoms with E-state index in [1.165, 1.54) is 0 Å². The number of halogens is 1. The number of thiazole rings is 1. The van der Waals surface area contributed by atoms with E-state index in [0.717, 1.165) is 16.4 Å². The van der Waals surface area contributed by atoms with Gasteiger partial charge < -0.3 is 0 Å². The Bertz CT molecular complexity index is 508. The Labute approximate surface area is 104 Å². The van der Waals surface area contributed by atoms with Gasteiger partial charge in [-0.2, -0.15) is 0 Å². The molecule has 0 spiro atoms. The van der Waals surface area contributed by atoms with Crippen molar-refractivity contribution in [1.82, 2.24) is 15.0 Å². The summed E-state index contributed by atoms with van der Waals surface area (Å²) < 4.78 is 0. The van der Waals surface area contributed by atoms with Gasteiger partial charge in [-0.05, 0) is 18.9 Å². The fourth-order valence-electron chi connectivity index (χ4n) is 1.31. The van der Waals surface area contributed by atoms with Crippen molar-refractivity contribution in [2.24, 2.45) is 0 Å². The summed E-state index contributed by atoms with van der Waals surface area (Å²) in [7, 11) is 0. The first-order chi connectivity index (χ1) is 7.56. The highest BCUT2D eigenvalue weighted by atomic mass is 35.5. The molecule has 0 fully saturated rings. The van der Waals surface area contributed by atoms with Crippen molar-refractivity contribution >= 4 is 22.9 Å². The van der Waals surface area contributed by atoms with Crippen molar-refractivity contribution in [3.05, 3.63) is 27.3 Å². The van der Waals surface area contributed by atoms with Crippen LogP contribution in [-0.2, 0) is 0 Å². The third kappa shape index (κ3) is 2.39. The SMILES string of the molecule is Cc1nc(-c2nc(Cl)cc(C(C)C)n2)cs1. The predicted molar refractivity (Wildman–Crippen MR) is 67.0 cm³/mol. The maximum Gasteiger partial charge on any atom is 0.180 e. The Balaban J connectivity index is 2.49. The summed E-state index contributed by atoms with van der Waals surface area (Å²) in [5.74, 6) is 0.944. The summed E-state index contributed by atoms with van der Waals surface area (Å²) in [6.07, 6.45) is 0. The second-order valence-corrected chi connectivity index (χ2v) is 5.30. The molecule has 0 aliphatic rings. The van der Waals surface area contributed by atoms with Crippen molar-refractivity contribution in [2.45, 2.75) is 26.7 Å². The summed E-state index contributed by atoms with van der Waals surface area (Å²) in [5, 5.41) is 3.43. The van der Waals surface area contributed by atoms with Crippen LogP contribution in [-0.4, -0.2) is 15.0 Å². The van der Waals surface area contributed by atoms with Gasteiger partial charge in [0.25, 0.3) is 0 Å². The number of rotatable bonds is 2. The van der Waals surface area contributed by atoms with Crippen molar-refractivity contribution in [1.29, 1.82) is 0 Å². The molecule has 0 radical (unpaired) electrons. The van der Waals surface area contributed by atoms with Gasteiger partial charge in [-0.15, -0.1) is 11.3 Å². The maximum absolute atomic E-state index is 5.98. The first-order valence-electron chi connectivity index (χ1n) is 5.03. The predicted octanol–water partition coefficient (Wildman–Crippen LogP) is 3.69. The van der Waals surface area contributed by atoms with Crippen molar-refractivity contribution in [2.75, 3.05) is 0 Å². The van der Waals surface area contributed by atoms with Crippen LogP contribution in [0.3, 0.4) is 0 Å². The van der Waals surface area contributed by atoms with E-state index in [1.54, 1.807) is 17.4 Å². The fraction of sp³-hybridized carbons (Fsp3) is 0.364. The first kappa shape index (κ1) is 11.5. The number of hydrogen-bond acceptors (Lipinski definition) is 4. The molecule has 2 aromatic rings. The topological polar surface area (TPSA) is 38.7 Å². The standard InChI is InChI=1S/C11H12ClN3S/c1-6(2)8-4-10(12)15-11(14-8)9-5-16-7(3)13-9/h4-6H,1-3H3. The fourth-order valence-corrected chi connectivity index (χ4v) is 2.09. The largest absolute Gasteiger partial charge is 0.238 e. The Morgan fingerprint density at radius 3 is 2.56 bits per heavy atom. The highest BCUT2D eigenvalue weighted by Crippen LogP contribution is 2.22. The molecule has 0 aromatic carbocycles. The summed E-state index contributed by atoms with van der Waals surface area (Å²) in [5.41, 5.74) is 1.74. The lowest BCUT2D eigenvalue weighted by Crippen LogP contribution is -1.98. The maximum atomic E-state index is 5.98. The number of aryl methyl sites for hydroxylation is 1. The van der Waals surface area contributed by atoms with Gasteiger partial charge in [0.1, 0.15) is 10.8 Å². The van der Waals surface area contributed by atoms with Gasteiger partial charge >= 0.3 is 0 Å². The molecular weight excluding hydrogens is 242 g/mol. The zero-order valence-corrected chi connectivity index (χ0v) is 10.9. The van der Waals surface area contributed by atoms with Crippen LogP contribution in [0.25, 0.3) is 11.5 Å². The van der Waals surface area contributed by atoms with E-state index in [0.29, 0.717) is 16.9 Å². The highest BCUT2D eigenvalue weighted by molar-refractivity contribution is 7.09. The minimum Gasteiger partial charge on any atom is -0.238 e. The van der Waals surface area contributed by atoms with E-state index < -0.39 is 0 Å². The molecule has 0 N–H and O–H groups in total. The zero-order valence-electron chi connectivity index (χ0n) is 9.36. The van der Waals surface area contributed by atoms with Crippen LogP contribution >= 0.6 is 22.9 Å². The van der Waals surface area contributed by atoms with Gasteiger partial charge in [-0.25, -0.2) is 15.0 Å². The Morgan fingerprint density at radius 2 is 2.00 bits per heavy atom. The Hall–Kier alpha value is -1.00. The minimum atomic E-state index is 0.332. The second-order valence-electron chi connectivity index (χ2n) is 3.85.